The molecule has 0 radical (unpaired) electrons. The average molecular weight is 471 g/mol. The fourth-order valence-electron chi connectivity index (χ4n) is 5.12. The molecule has 4 heterocycles. The Kier molecular flexibility index (Phi) is 6.42. The maximum atomic E-state index is 13.1. The van der Waals surface area contributed by atoms with E-state index in [-0.39, 0.29) is 17.5 Å². The van der Waals surface area contributed by atoms with E-state index in [0.717, 1.165) is 60.4 Å². The SMILES string of the molecule is Cn1cccc1C1CCCCCN1C(=O)CCSCc1nc2sc3c(c2c(=O)[nH]1)CCC3. The molecule has 1 N–H and O–H groups in total. The van der Waals surface area contributed by atoms with Gasteiger partial charge in [-0.1, -0.05) is 12.8 Å². The number of aromatic nitrogens is 3. The average Bonchev–Trinajstić information content (AvgIpc) is 3.42. The molecule has 5 rings (SSSR count). The van der Waals surface area contributed by atoms with Crippen molar-refractivity contribution in [2.24, 2.45) is 7.05 Å². The Hall–Kier alpha value is -2.06. The summed E-state index contributed by atoms with van der Waals surface area (Å²) in [6.07, 6.45) is 10.3. The van der Waals surface area contributed by atoms with Crippen LogP contribution in [0.25, 0.3) is 10.2 Å². The first-order chi connectivity index (χ1) is 15.6. The van der Waals surface area contributed by atoms with Crippen molar-refractivity contribution >= 4 is 39.2 Å². The summed E-state index contributed by atoms with van der Waals surface area (Å²) in [5, 5.41) is 0.805. The molecular weight excluding hydrogens is 440 g/mol. The number of nitrogens with zero attached hydrogens (tertiary/aromatic N) is 3. The molecule has 1 atom stereocenters. The van der Waals surface area contributed by atoms with Crippen molar-refractivity contribution in [1.29, 1.82) is 0 Å². The van der Waals surface area contributed by atoms with Crippen molar-refractivity contribution in [2.75, 3.05) is 12.3 Å². The largest absolute Gasteiger partial charge is 0.353 e. The summed E-state index contributed by atoms with van der Waals surface area (Å²) in [6.45, 7) is 0.841. The minimum atomic E-state index is -0.00366. The van der Waals surface area contributed by atoms with Crippen LogP contribution in [0, 0.1) is 0 Å². The van der Waals surface area contributed by atoms with Crippen molar-refractivity contribution in [1.82, 2.24) is 19.4 Å². The summed E-state index contributed by atoms with van der Waals surface area (Å²) in [6, 6.07) is 4.38. The number of nitrogens with one attached hydrogen (secondary N) is 1. The van der Waals surface area contributed by atoms with E-state index in [2.05, 4.69) is 39.8 Å². The Labute approximate surface area is 196 Å². The first kappa shape index (κ1) is 21.8. The predicted molar refractivity (Wildman–Crippen MR) is 131 cm³/mol. The highest BCUT2D eigenvalue weighted by atomic mass is 32.2. The second-order valence-electron chi connectivity index (χ2n) is 8.85. The van der Waals surface area contributed by atoms with Gasteiger partial charge in [0.05, 0.1) is 17.2 Å². The number of hydrogen-bond donors (Lipinski definition) is 1. The van der Waals surface area contributed by atoms with Gasteiger partial charge in [0.15, 0.2) is 0 Å². The fraction of sp³-hybridized carbons (Fsp3) is 0.542. The highest BCUT2D eigenvalue weighted by molar-refractivity contribution is 7.98. The number of aryl methyl sites for hydroxylation is 3. The van der Waals surface area contributed by atoms with Gasteiger partial charge in [0.25, 0.3) is 5.56 Å². The lowest BCUT2D eigenvalue weighted by molar-refractivity contribution is -0.133. The van der Waals surface area contributed by atoms with Gasteiger partial charge in [-0.05, 0) is 49.8 Å². The molecule has 1 amide bonds. The van der Waals surface area contributed by atoms with Gasteiger partial charge in [-0.25, -0.2) is 4.98 Å². The van der Waals surface area contributed by atoms with E-state index in [1.54, 1.807) is 23.1 Å². The lowest BCUT2D eigenvalue weighted by atomic mass is 10.1. The number of hydrogen-bond acceptors (Lipinski definition) is 5. The predicted octanol–water partition coefficient (Wildman–Crippen LogP) is 4.58. The quantitative estimate of drug-likeness (QED) is 0.536. The first-order valence-electron chi connectivity index (χ1n) is 11.6. The van der Waals surface area contributed by atoms with Crippen LogP contribution in [0.3, 0.4) is 0 Å². The molecule has 170 valence electrons. The maximum absolute atomic E-state index is 13.1. The van der Waals surface area contributed by atoms with Crippen molar-refractivity contribution < 1.29 is 4.79 Å². The zero-order valence-corrected chi connectivity index (χ0v) is 20.2. The van der Waals surface area contributed by atoms with Gasteiger partial charge in [-0.3, -0.25) is 9.59 Å². The van der Waals surface area contributed by atoms with Gasteiger partial charge >= 0.3 is 0 Å². The zero-order valence-electron chi connectivity index (χ0n) is 18.6. The van der Waals surface area contributed by atoms with E-state index in [1.165, 1.54) is 29.0 Å². The van der Waals surface area contributed by atoms with Crippen molar-refractivity contribution in [3.8, 4) is 0 Å². The molecule has 1 unspecified atom stereocenters. The minimum Gasteiger partial charge on any atom is -0.353 e. The molecule has 1 saturated heterocycles. The van der Waals surface area contributed by atoms with Gasteiger partial charge in [-0.15, -0.1) is 11.3 Å². The fourth-order valence-corrected chi connectivity index (χ4v) is 7.20. The van der Waals surface area contributed by atoms with Crippen LogP contribution in [-0.4, -0.2) is 37.6 Å². The molecule has 1 fully saturated rings. The third-order valence-electron chi connectivity index (χ3n) is 6.72. The smallest absolute Gasteiger partial charge is 0.259 e. The Bertz CT molecular complexity index is 1180. The van der Waals surface area contributed by atoms with E-state index in [0.29, 0.717) is 12.2 Å². The van der Waals surface area contributed by atoms with Crippen LogP contribution < -0.4 is 5.56 Å². The molecule has 0 aromatic carbocycles. The van der Waals surface area contributed by atoms with E-state index in [9.17, 15) is 9.59 Å². The number of thiophene rings is 1. The topological polar surface area (TPSA) is 71.0 Å². The summed E-state index contributed by atoms with van der Waals surface area (Å²) in [4.78, 5) is 37.7. The summed E-state index contributed by atoms with van der Waals surface area (Å²) < 4.78 is 2.14. The summed E-state index contributed by atoms with van der Waals surface area (Å²) >= 11 is 3.35. The molecule has 32 heavy (non-hydrogen) atoms. The summed E-state index contributed by atoms with van der Waals surface area (Å²) in [5.41, 5.74) is 2.44. The van der Waals surface area contributed by atoms with Crippen LogP contribution in [-0.2, 0) is 30.4 Å². The van der Waals surface area contributed by atoms with Crippen molar-refractivity contribution in [3.05, 3.63) is 50.6 Å². The second-order valence-corrected chi connectivity index (χ2v) is 11.0. The standard InChI is InChI=1S/C24H30N4O2S2/c1-27-12-6-9-17(27)18-8-3-2-4-13-28(18)21(29)11-14-31-15-20-25-23(30)22-16-7-5-10-19(16)32-24(22)26-20/h6,9,12,18H,2-5,7-8,10-11,13-15H2,1H3,(H,25,26,30). The Morgan fingerprint density at radius 2 is 2.19 bits per heavy atom. The third-order valence-corrected chi connectivity index (χ3v) is 8.88. The maximum Gasteiger partial charge on any atom is 0.259 e. The number of H-pyrrole nitrogens is 1. The zero-order chi connectivity index (χ0) is 22.1. The highest BCUT2D eigenvalue weighted by Gasteiger charge is 2.28. The van der Waals surface area contributed by atoms with Crippen LogP contribution >= 0.6 is 23.1 Å². The lowest BCUT2D eigenvalue weighted by Crippen LogP contribution is -2.35. The molecule has 0 bridgehead atoms. The number of amides is 1. The second kappa shape index (κ2) is 9.43. The van der Waals surface area contributed by atoms with E-state index in [1.807, 2.05) is 0 Å². The molecule has 6 nitrogen and oxygen atoms in total. The van der Waals surface area contributed by atoms with Crippen LogP contribution in [0.1, 0.15) is 66.5 Å². The number of likely N-dealkylation sites (tertiary alicyclic amines) is 1. The van der Waals surface area contributed by atoms with Crippen LogP contribution in [0.15, 0.2) is 23.1 Å². The molecule has 1 aliphatic carbocycles. The Morgan fingerprint density at radius 3 is 3.03 bits per heavy atom. The Balaban J connectivity index is 1.20. The van der Waals surface area contributed by atoms with Gasteiger partial charge in [0, 0.05) is 42.5 Å². The lowest BCUT2D eigenvalue weighted by Gasteiger charge is -2.30. The molecule has 0 saturated carbocycles. The number of carbonyl (C=O) groups excluding carboxylic acids is 1. The molecule has 8 heteroatoms. The minimum absolute atomic E-state index is 0.00366. The number of carbonyl (C=O) groups is 1. The molecule has 0 spiro atoms. The van der Waals surface area contributed by atoms with Gasteiger partial charge in [0.1, 0.15) is 10.7 Å². The molecular formula is C24H30N4O2S2. The van der Waals surface area contributed by atoms with E-state index >= 15 is 0 Å². The van der Waals surface area contributed by atoms with Crippen LogP contribution in [0.5, 0.6) is 0 Å². The highest BCUT2D eigenvalue weighted by Crippen LogP contribution is 2.35. The first-order valence-corrected chi connectivity index (χ1v) is 13.6. The van der Waals surface area contributed by atoms with Crippen LogP contribution in [0.4, 0.5) is 0 Å². The third kappa shape index (κ3) is 4.27. The van der Waals surface area contributed by atoms with Crippen LogP contribution in [0.2, 0.25) is 0 Å². The summed E-state index contributed by atoms with van der Waals surface area (Å²) in [7, 11) is 2.06. The van der Waals surface area contributed by atoms with Crippen molar-refractivity contribution in [2.45, 2.75) is 63.2 Å². The van der Waals surface area contributed by atoms with Gasteiger partial charge < -0.3 is 14.5 Å². The van der Waals surface area contributed by atoms with Gasteiger partial charge in [0.2, 0.25) is 5.91 Å². The van der Waals surface area contributed by atoms with E-state index in [4.69, 9.17) is 4.98 Å². The number of rotatable bonds is 6. The normalized spacial score (nSPS) is 18.8. The molecule has 3 aromatic rings. The summed E-state index contributed by atoms with van der Waals surface area (Å²) in [5.74, 6) is 2.31. The monoisotopic (exact) mass is 470 g/mol. The number of aromatic amines is 1. The number of fused-ring (bicyclic) bond motifs is 3. The van der Waals surface area contributed by atoms with Gasteiger partial charge in [-0.2, -0.15) is 11.8 Å². The van der Waals surface area contributed by atoms with Crippen molar-refractivity contribution in [3.63, 3.8) is 0 Å². The molecule has 1 aliphatic heterocycles. The van der Waals surface area contributed by atoms with E-state index < -0.39 is 0 Å². The number of thioether (sulfide) groups is 1. The molecule has 2 aliphatic rings. The molecule has 3 aromatic heterocycles. The Morgan fingerprint density at radius 1 is 1.28 bits per heavy atom.